The predicted octanol–water partition coefficient (Wildman–Crippen LogP) is 3.98. The van der Waals surface area contributed by atoms with Crippen molar-refractivity contribution in [1.29, 1.82) is 0 Å². The summed E-state index contributed by atoms with van der Waals surface area (Å²) in [6, 6.07) is 14.3. The molecule has 0 unspecified atom stereocenters. The van der Waals surface area contributed by atoms with Gasteiger partial charge >= 0.3 is 0 Å². The number of nitrogens with zero attached hydrogens (tertiary/aromatic N) is 2. The van der Waals surface area contributed by atoms with Gasteiger partial charge < -0.3 is 25.0 Å². The van der Waals surface area contributed by atoms with Gasteiger partial charge in [0.05, 0.1) is 19.9 Å². The van der Waals surface area contributed by atoms with Crippen LogP contribution in [0.15, 0.2) is 47.8 Å². The van der Waals surface area contributed by atoms with Crippen molar-refractivity contribution >= 4 is 27.8 Å². The lowest BCUT2D eigenvalue weighted by atomic mass is 10.1. The van der Waals surface area contributed by atoms with Crippen LogP contribution >= 0.6 is 11.3 Å². The van der Waals surface area contributed by atoms with Crippen LogP contribution in [-0.4, -0.2) is 45.4 Å². The summed E-state index contributed by atoms with van der Waals surface area (Å²) < 4.78 is 10.7. The molecule has 0 saturated carbocycles. The smallest absolute Gasteiger partial charge is 0.187 e. The van der Waals surface area contributed by atoms with Gasteiger partial charge in [-0.3, -0.25) is 0 Å². The van der Waals surface area contributed by atoms with E-state index in [1.165, 1.54) is 5.69 Å². The van der Waals surface area contributed by atoms with Crippen molar-refractivity contribution in [3.8, 4) is 22.8 Å². The van der Waals surface area contributed by atoms with E-state index in [-0.39, 0.29) is 0 Å². The molecule has 0 aliphatic carbocycles. The molecular weight excluding hydrogens is 372 g/mol. The second kappa shape index (κ2) is 8.50. The number of benzene rings is 2. The highest BCUT2D eigenvalue weighted by Gasteiger charge is 2.11. The quantitative estimate of drug-likeness (QED) is 0.657. The Morgan fingerprint density at radius 1 is 1.00 bits per heavy atom. The van der Waals surface area contributed by atoms with Gasteiger partial charge in [0.15, 0.2) is 5.13 Å². The average molecular weight is 397 g/mol. The van der Waals surface area contributed by atoms with E-state index >= 15 is 0 Å². The van der Waals surface area contributed by atoms with Crippen LogP contribution in [0.25, 0.3) is 11.3 Å². The summed E-state index contributed by atoms with van der Waals surface area (Å²) in [5.41, 5.74) is 4.23. The van der Waals surface area contributed by atoms with E-state index in [0.29, 0.717) is 0 Å². The molecule has 2 aromatic carbocycles. The first-order valence-corrected chi connectivity index (χ1v) is 10.1. The molecule has 0 amide bonds. The summed E-state index contributed by atoms with van der Waals surface area (Å²) >= 11 is 1.58. The summed E-state index contributed by atoms with van der Waals surface area (Å²) in [7, 11) is 3.29. The van der Waals surface area contributed by atoms with Crippen LogP contribution in [0.3, 0.4) is 0 Å². The van der Waals surface area contributed by atoms with Crippen LogP contribution in [0.4, 0.5) is 16.5 Å². The topological polar surface area (TPSA) is 58.7 Å². The lowest BCUT2D eigenvalue weighted by Gasteiger charge is -2.29. The fourth-order valence-corrected chi connectivity index (χ4v) is 3.97. The number of aromatic nitrogens is 1. The zero-order valence-corrected chi connectivity index (χ0v) is 16.9. The van der Waals surface area contributed by atoms with Crippen molar-refractivity contribution in [3.63, 3.8) is 0 Å². The molecule has 7 heteroatoms. The number of rotatable bonds is 6. The summed E-state index contributed by atoms with van der Waals surface area (Å²) in [6.45, 7) is 4.18. The molecule has 1 aromatic heterocycles. The highest BCUT2D eigenvalue weighted by Crippen LogP contribution is 2.31. The molecule has 0 spiro atoms. The highest BCUT2D eigenvalue weighted by molar-refractivity contribution is 7.14. The van der Waals surface area contributed by atoms with Gasteiger partial charge in [-0.1, -0.05) is 12.1 Å². The van der Waals surface area contributed by atoms with E-state index in [9.17, 15) is 0 Å². The number of methoxy groups -OCH3 is 2. The molecule has 6 nitrogen and oxygen atoms in total. The molecule has 1 saturated heterocycles. The standard InChI is InChI=1S/C21H24N4O2S/c1-26-18-11-16(12-19(13-18)27-2)23-21-24-20(14-28-21)15-3-5-17(6-4-15)25-9-7-22-8-10-25/h3-6,11-14,22H,7-10H2,1-2H3,(H,23,24). The molecule has 0 atom stereocenters. The average Bonchev–Trinajstić information content (AvgIpc) is 3.22. The lowest BCUT2D eigenvalue weighted by molar-refractivity contribution is 0.395. The SMILES string of the molecule is COc1cc(Nc2nc(-c3ccc(N4CCNCC4)cc3)cs2)cc(OC)c1. The van der Waals surface area contributed by atoms with Crippen LogP contribution in [0.1, 0.15) is 0 Å². The van der Waals surface area contributed by atoms with Crippen molar-refractivity contribution in [2.24, 2.45) is 0 Å². The second-order valence-corrected chi connectivity index (χ2v) is 7.41. The maximum Gasteiger partial charge on any atom is 0.187 e. The Hall–Kier alpha value is -2.77. The van der Waals surface area contributed by atoms with Crippen LogP contribution in [0.2, 0.25) is 0 Å². The van der Waals surface area contributed by atoms with Crippen LogP contribution < -0.4 is 25.0 Å². The molecule has 4 rings (SSSR count). The van der Waals surface area contributed by atoms with Gasteiger partial charge in [-0.2, -0.15) is 0 Å². The first kappa shape index (κ1) is 18.6. The van der Waals surface area contributed by atoms with Gasteiger partial charge in [0.25, 0.3) is 0 Å². The lowest BCUT2D eigenvalue weighted by Crippen LogP contribution is -2.43. The van der Waals surface area contributed by atoms with Crippen LogP contribution in [0.5, 0.6) is 11.5 Å². The summed E-state index contributed by atoms with van der Waals surface area (Å²) in [6.07, 6.45) is 0. The van der Waals surface area contributed by atoms with E-state index in [2.05, 4.69) is 45.2 Å². The molecule has 3 aromatic rings. The van der Waals surface area contributed by atoms with E-state index < -0.39 is 0 Å². The minimum absolute atomic E-state index is 0.738. The number of anilines is 3. The summed E-state index contributed by atoms with van der Waals surface area (Å²) in [5.74, 6) is 1.48. The monoisotopic (exact) mass is 396 g/mol. The summed E-state index contributed by atoms with van der Waals surface area (Å²) in [4.78, 5) is 7.14. The number of hydrogen-bond acceptors (Lipinski definition) is 7. The first-order valence-electron chi connectivity index (χ1n) is 9.27. The molecule has 1 fully saturated rings. The Balaban J connectivity index is 1.48. The van der Waals surface area contributed by atoms with E-state index in [1.54, 1.807) is 25.6 Å². The molecule has 0 radical (unpaired) electrons. The molecule has 2 N–H and O–H groups in total. The highest BCUT2D eigenvalue weighted by atomic mass is 32.1. The van der Waals surface area contributed by atoms with Crippen molar-refractivity contribution in [2.75, 3.05) is 50.6 Å². The van der Waals surface area contributed by atoms with E-state index in [4.69, 9.17) is 14.5 Å². The third-order valence-corrected chi connectivity index (χ3v) is 5.51. The Bertz CT molecular complexity index is 898. The normalized spacial score (nSPS) is 14.0. The van der Waals surface area contributed by atoms with Crippen LogP contribution in [-0.2, 0) is 0 Å². The zero-order chi connectivity index (χ0) is 19.3. The Labute approximate surface area is 169 Å². The molecule has 1 aliphatic rings. The van der Waals surface area contributed by atoms with Gasteiger partial charge in [0.2, 0.25) is 0 Å². The van der Waals surface area contributed by atoms with Crippen molar-refractivity contribution in [3.05, 3.63) is 47.8 Å². The number of hydrogen-bond donors (Lipinski definition) is 2. The maximum absolute atomic E-state index is 5.33. The first-order chi connectivity index (χ1) is 13.7. The molecule has 1 aliphatic heterocycles. The van der Waals surface area contributed by atoms with E-state index in [1.807, 2.05) is 18.2 Å². The Morgan fingerprint density at radius 3 is 2.32 bits per heavy atom. The fourth-order valence-electron chi connectivity index (χ4n) is 3.23. The van der Waals surface area contributed by atoms with Crippen molar-refractivity contribution < 1.29 is 9.47 Å². The summed E-state index contributed by atoms with van der Waals surface area (Å²) in [5, 5.41) is 9.62. The number of nitrogens with one attached hydrogen (secondary N) is 2. The van der Waals surface area contributed by atoms with Crippen molar-refractivity contribution in [1.82, 2.24) is 10.3 Å². The third-order valence-electron chi connectivity index (χ3n) is 4.75. The second-order valence-electron chi connectivity index (χ2n) is 6.55. The Morgan fingerprint density at radius 2 is 1.68 bits per heavy atom. The van der Waals surface area contributed by atoms with Gasteiger partial charge in [-0.25, -0.2) is 4.98 Å². The molecular formula is C21H24N4O2S. The van der Waals surface area contributed by atoms with Gasteiger partial charge in [0, 0.05) is 66.7 Å². The maximum atomic E-state index is 5.33. The molecule has 0 bridgehead atoms. The predicted molar refractivity (Wildman–Crippen MR) is 115 cm³/mol. The minimum atomic E-state index is 0.738. The van der Waals surface area contributed by atoms with Gasteiger partial charge in [-0.05, 0) is 12.1 Å². The van der Waals surface area contributed by atoms with Gasteiger partial charge in [-0.15, -0.1) is 11.3 Å². The molecule has 146 valence electrons. The molecule has 2 heterocycles. The zero-order valence-electron chi connectivity index (χ0n) is 16.1. The van der Waals surface area contributed by atoms with Gasteiger partial charge in [0.1, 0.15) is 11.5 Å². The largest absolute Gasteiger partial charge is 0.497 e. The third kappa shape index (κ3) is 4.21. The van der Waals surface area contributed by atoms with Crippen LogP contribution in [0, 0.1) is 0 Å². The minimum Gasteiger partial charge on any atom is -0.497 e. The number of piperazine rings is 1. The van der Waals surface area contributed by atoms with E-state index in [0.717, 1.165) is 59.8 Å². The fraction of sp³-hybridized carbons (Fsp3) is 0.286. The number of ether oxygens (including phenoxy) is 2. The molecule has 28 heavy (non-hydrogen) atoms. The number of thiazole rings is 1. The van der Waals surface area contributed by atoms with Crippen molar-refractivity contribution in [2.45, 2.75) is 0 Å². The Kier molecular flexibility index (Phi) is 5.64.